The summed E-state index contributed by atoms with van der Waals surface area (Å²) in [5.74, 6) is -0.301. The Balaban J connectivity index is 2.72. The Morgan fingerprint density at radius 1 is 1.43 bits per heavy atom. The van der Waals surface area contributed by atoms with Gasteiger partial charge in [0.05, 0.1) is 17.1 Å². The fraction of sp³-hybridized carbons (Fsp3) is 0.533. The van der Waals surface area contributed by atoms with Crippen LogP contribution in [0.1, 0.15) is 49.9 Å². The first-order valence-corrected chi connectivity index (χ1v) is 7.49. The molecule has 0 radical (unpaired) electrons. The van der Waals surface area contributed by atoms with Crippen LogP contribution in [0.25, 0.3) is 0 Å². The normalized spacial score (nSPS) is 12.0. The Labute approximate surface area is 129 Å². The molecule has 0 aliphatic carbocycles. The van der Waals surface area contributed by atoms with Gasteiger partial charge in [0, 0.05) is 6.07 Å². The molecule has 1 atom stereocenters. The zero-order chi connectivity index (χ0) is 15.8. The van der Waals surface area contributed by atoms with Crippen LogP contribution in [0.3, 0.4) is 0 Å². The van der Waals surface area contributed by atoms with Gasteiger partial charge in [-0.1, -0.05) is 50.8 Å². The second-order valence-corrected chi connectivity index (χ2v) is 5.29. The zero-order valence-electron chi connectivity index (χ0n) is 12.3. The zero-order valence-corrected chi connectivity index (χ0v) is 13.1. The molecule has 1 aromatic carbocycles. The number of hydrogen-bond donors (Lipinski definition) is 0. The second kappa shape index (κ2) is 8.62. The van der Waals surface area contributed by atoms with Crippen molar-refractivity contribution in [3.8, 4) is 0 Å². The molecular weight excluding hydrogens is 294 g/mol. The summed E-state index contributed by atoms with van der Waals surface area (Å²) >= 11 is 5.89. The molecule has 5 nitrogen and oxygen atoms in total. The van der Waals surface area contributed by atoms with Gasteiger partial charge in [-0.3, -0.25) is 10.1 Å². The Kier molecular flexibility index (Phi) is 7.15. The summed E-state index contributed by atoms with van der Waals surface area (Å²) in [5.41, 5.74) is -0.250. The fourth-order valence-corrected chi connectivity index (χ4v) is 2.26. The van der Waals surface area contributed by atoms with Crippen LogP contribution in [-0.4, -0.2) is 17.5 Å². The van der Waals surface area contributed by atoms with Crippen molar-refractivity contribution in [1.82, 2.24) is 0 Å². The maximum absolute atomic E-state index is 12.0. The number of unbranched alkanes of at least 4 members (excludes halogenated alkanes) is 1. The lowest BCUT2D eigenvalue weighted by Gasteiger charge is -2.14. The van der Waals surface area contributed by atoms with Gasteiger partial charge in [-0.05, 0) is 18.4 Å². The van der Waals surface area contributed by atoms with Gasteiger partial charge in [0.2, 0.25) is 0 Å². The van der Waals surface area contributed by atoms with Gasteiger partial charge < -0.3 is 4.74 Å². The highest BCUT2D eigenvalue weighted by atomic mass is 35.5. The summed E-state index contributed by atoms with van der Waals surface area (Å²) in [5, 5.41) is 10.6. The predicted octanol–water partition coefficient (Wildman–Crippen LogP) is 4.62. The molecule has 1 unspecified atom stereocenters. The molecule has 0 N–H and O–H groups in total. The largest absolute Gasteiger partial charge is 0.462 e. The number of carbonyl (C=O) groups excluding carboxylic acids is 1. The van der Waals surface area contributed by atoms with E-state index in [4.69, 9.17) is 16.3 Å². The van der Waals surface area contributed by atoms with E-state index in [2.05, 4.69) is 13.8 Å². The monoisotopic (exact) mass is 313 g/mol. The highest BCUT2D eigenvalue weighted by Gasteiger charge is 2.21. The maximum Gasteiger partial charge on any atom is 0.339 e. The van der Waals surface area contributed by atoms with Crippen LogP contribution >= 0.6 is 11.6 Å². The second-order valence-electron chi connectivity index (χ2n) is 4.91. The van der Waals surface area contributed by atoms with Crippen LogP contribution in [0.2, 0.25) is 5.02 Å². The van der Waals surface area contributed by atoms with Crippen LogP contribution in [-0.2, 0) is 4.74 Å². The summed E-state index contributed by atoms with van der Waals surface area (Å²) in [4.78, 5) is 22.2. The van der Waals surface area contributed by atoms with E-state index in [0.29, 0.717) is 12.5 Å². The highest BCUT2D eigenvalue weighted by molar-refractivity contribution is 6.35. The lowest BCUT2D eigenvalue weighted by molar-refractivity contribution is -0.384. The molecule has 6 heteroatoms. The van der Waals surface area contributed by atoms with Gasteiger partial charge >= 0.3 is 5.97 Å². The molecule has 0 saturated carbocycles. The number of nitro benzene ring substituents is 1. The van der Waals surface area contributed by atoms with Crippen molar-refractivity contribution in [2.75, 3.05) is 6.61 Å². The average Bonchev–Trinajstić information content (AvgIpc) is 2.47. The quantitative estimate of drug-likeness (QED) is 0.399. The van der Waals surface area contributed by atoms with Crippen molar-refractivity contribution in [1.29, 1.82) is 0 Å². The first kappa shape index (κ1) is 17.4. The highest BCUT2D eigenvalue weighted by Crippen LogP contribution is 2.28. The lowest BCUT2D eigenvalue weighted by atomic mass is 10.0. The third-order valence-electron chi connectivity index (χ3n) is 3.39. The molecule has 116 valence electrons. The van der Waals surface area contributed by atoms with E-state index in [1.165, 1.54) is 18.2 Å². The number of benzene rings is 1. The van der Waals surface area contributed by atoms with Crippen LogP contribution in [0, 0.1) is 16.0 Å². The smallest absolute Gasteiger partial charge is 0.339 e. The first-order valence-electron chi connectivity index (χ1n) is 7.11. The number of nitro groups is 1. The van der Waals surface area contributed by atoms with Crippen LogP contribution < -0.4 is 0 Å². The number of esters is 1. The summed E-state index contributed by atoms with van der Waals surface area (Å²) < 4.78 is 5.25. The van der Waals surface area contributed by atoms with E-state index in [1.54, 1.807) is 0 Å². The van der Waals surface area contributed by atoms with Gasteiger partial charge in [0.25, 0.3) is 5.69 Å². The number of carbonyl (C=O) groups is 1. The van der Waals surface area contributed by atoms with Gasteiger partial charge in [0.1, 0.15) is 5.02 Å². The van der Waals surface area contributed by atoms with Crippen molar-refractivity contribution >= 4 is 23.3 Å². The minimum Gasteiger partial charge on any atom is -0.462 e. The predicted molar refractivity (Wildman–Crippen MR) is 81.7 cm³/mol. The third kappa shape index (κ3) is 5.01. The molecule has 0 aliphatic rings. The van der Waals surface area contributed by atoms with E-state index in [1.807, 2.05) is 0 Å². The average molecular weight is 314 g/mol. The van der Waals surface area contributed by atoms with E-state index >= 15 is 0 Å². The van der Waals surface area contributed by atoms with E-state index in [-0.39, 0.29) is 16.3 Å². The standard InChI is InChI=1S/C15H20ClNO4/c1-3-5-7-11(4-2)10-21-15(18)12-8-6-9-13(14(12)16)17(19)20/h6,8-9,11H,3-5,7,10H2,1-2H3. The molecule has 21 heavy (non-hydrogen) atoms. The van der Waals surface area contributed by atoms with Crippen molar-refractivity contribution < 1.29 is 14.5 Å². The Morgan fingerprint density at radius 2 is 2.14 bits per heavy atom. The van der Waals surface area contributed by atoms with Gasteiger partial charge in [-0.15, -0.1) is 0 Å². The fourth-order valence-electron chi connectivity index (χ4n) is 1.99. The summed E-state index contributed by atoms with van der Waals surface area (Å²) in [7, 11) is 0. The van der Waals surface area contributed by atoms with Crippen LogP contribution in [0.5, 0.6) is 0 Å². The molecule has 0 spiro atoms. The van der Waals surface area contributed by atoms with Crippen LogP contribution in [0.4, 0.5) is 5.69 Å². The Morgan fingerprint density at radius 3 is 2.71 bits per heavy atom. The molecule has 0 bridgehead atoms. The third-order valence-corrected chi connectivity index (χ3v) is 3.79. The number of nitrogens with zero attached hydrogens (tertiary/aromatic N) is 1. The molecule has 0 heterocycles. The van der Waals surface area contributed by atoms with E-state index in [9.17, 15) is 14.9 Å². The number of hydrogen-bond acceptors (Lipinski definition) is 4. The van der Waals surface area contributed by atoms with Crippen molar-refractivity contribution in [3.63, 3.8) is 0 Å². The molecule has 0 fully saturated rings. The number of rotatable bonds is 8. The van der Waals surface area contributed by atoms with Crippen LogP contribution in [0.15, 0.2) is 18.2 Å². The maximum atomic E-state index is 12.0. The minimum atomic E-state index is -0.616. The molecule has 0 saturated heterocycles. The lowest BCUT2D eigenvalue weighted by Crippen LogP contribution is -2.14. The first-order chi connectivity index (χ1) is 10.0. The van der Waals surface area contributed by atoms with E-state index in [0.717, 1.165) is 25.7 Å². The molecule has 1 aromatic rings. The van der Waals surface area contributed by atoms with E-state index < -0.39 is 10.9 Å². The number of halogens is 1. The summed E-state index contributed by atoms with van der Waals surface area (Å²) in [6.07, 6.45) is 4.12. The van der Waals surface area contributed by atoms with Crippen molar-refractivity contribution in [2.24, 2.45) is 5.92 Å². The van der Waals surface area contributed by atoms with Gasteiger partial charge in [-0.2, -0.15) is 0 Å². The summed E-state index contributed by atoms with van der Waals surface area (Å²) in [6, 6.07) is 4.12. The SMILES string of the molecule is CCCCC(CC)COC(=O)c1cccc([N+](=O)[O-])c1Cl. The Bertz CT molecular complexity index is 504. The van der Waals surface area contributed by atoms with Gasteiger partial charge in [0.15, 0.2) is 0 Å². The van der Waals surface area contributed by atoms with Crippen molar-refractivity contribution in [2.45, 2.75) is 39.5 Å². The topological polar surface area (TPSA) is 69.4 Å². The van der Waals surface area contributed by atoms with Crippen molar-refractivity contribution in [3.05, 3.63) is 38.9 Å². The molecule has 1 rings (SSSR count). The number of ether oxygens (including phenoxy) is 1. The molecule has 0 amide bonds. The Hall–Kier alpha value is -1.62. The molecule has 0 aliphatic heterocycles. The summed E-state index contributed by atoms with van der Waals surface area (Å²) in [6.45, 7) is 4.48. The molecule has 0 aromatic heterocycles. The molecular formula is C15H20ClNO4. The van der Waals surface area contributed by atoms with Gasteiger partial charge in [-0.25, -0.2) is 4.79 Å². The minimum absolute atomic E-state index is 0.0382.